The standard InChI is InChI=1S/C24H25F3N4O4/c1-14(18-11-12-28-13-19(18)29-21(32)15-5-3-2-4-6-15)20-22(33)31(23(34)30-20)16-7-9-17(10-8-16)35-24(25,26)27/h7-15,20H,2-6H2,1H3,(H,29,32)(H,30,34). The molecule has 1 aromatic heterocycles. The summed E-state index contributed by atoms with van der Waals surface area (Å²) in [5.74, 6) is -1.70. The van der Waals surface area contributed by atoms with Gasteiger partial charge in [-0.25, -0.2) is 9.69 Å². The fraction of sp³-hybridized carbons (Fsp3) is 0.417. The molecule has 186 valence electrons. The molecule has 1 aromatic carbocycles. The van der Waals surface area contributed by atoms with Crippen LogP contribution in [0, 0.1) is 5.92 Å². The number of aromatic nitrogens is 1. The number of rotatable bonds is 6. The number of hydrogen-bond acceptors (Lipinski definition) is 5. The Hall–Kier alpha value is -3.63. The molecular formula is C24H25F3N4O4. The quantitative estimate of drug-likeness (QED) is 0.571. The van der Waals surface area contributed by atoms with Crippen molar-refractivity contribution in [1.82, 2.24) is 10.3 Å². The maximum absolute atomic E-state index is 13.2. The molecule has 2 aliphatic rings. The Morgan fingerprint density at radius 2 is 1.83 bits per heavy atom. The predicted octanol–water partition coefficient (Wildman–Crippen LogP) is 4.73. The number of nitrogens with zero attached hydrogens (tertiary/aromatic N) is 2. The third-order valence-corrected chi connectivity index (χ3v) is 6.38. The fourth-order valence-electron chi connectivity index (χ4n) is 4.56. The number of pyridine rings is 1. The lowest BCUT2D eigenvalue weighted by Gasteiger charge is -2.24. The summed E-state index contributed by atoms with van der Waals surface area (Å²) in [5.41, 5.74) is 1.22. The minimum atomic E-state index is -4.85. The Labute approximate surface area is 199 Å². The van der Waals surface area contributed by atoms with Crippen molar-refractivity contribution in [2.45, 2.75) is 57.3 Å². The molecule has 8 nitrogen and oxygen atoms in total. The SMILES string of the molecule is CC(c1ccncc1NC(=O)C1CCCCC1)C1NC(=O)N(c2ccc(OC(F)(F)F)cc2)C1=O. The van der Waals surface area contributed by atoms with E-state index in [4.69, 9.17) is 0 Å². The van der Waals surface area contributed by atoms with Gasteiger partial charge in [0.2, 0.25) is 5.91 Å². The highest BCUT2D eigenvalue weighted by Crippen LogP contribution is 2.33. The number of anilines is 2. The van der Waals surface area contributed by atoms with Crippen LogP contribution < -0.4 is 20.3 Å². The summed E-state index contributed by atoms with van der Waals surface area (Å²) < 4.78 is 41.0. The van der Waals surface area contributed by atoms with Gasteiger partial charge in [-0.3, -0.25) is 14.6 Å². The van der Waals surface area contributed by atoms with Crippen LogP contribution in [0.15, 0.2) is 42.7 Å². The first-order valence-corrected chi connectivity index (χ1v) is 11.4. The maximum Gasteiger partial charge on any atom is 0.573 e. The Morgan fingerprint density at radius 3 is 2.49 bits per heavy atom. The number of halogens is 3. The molecular weight excluding hydrogens is 465 g/mol. The zero-order chi connectivity index (χ0) is 25.2. The first kappa shape index (κ1) is 24.5. The molecule has 0 bridgehead atoms. The first-order chi connectivity index (χ1) is 16.6. The summed E-state index contributed by atoms with van der Waals surface area (Å²) in [5, 5.41) is 5.57. The van der Waals surface area contributed by atoms with Gasteiger partial charge in [-0.1, -0.05) is 26.2 Å². The molecule has 2 atom stereocenters. The van der Waals surface area contributed by atoms with Crippen LogP contribution in [0.4, 0.5) is 29.3 Å². The van der Waals surface area contributed by atoms with E-state index in [0.29, 0.717) is 11.3 Å². The molecule has 4 amide bonds. The van der Waals surface area contributed by atoms with E-state index in [-0.39, 0.29) is 17.5 Å². The largest absolute Gasteiger partial charge is 0.573 e. The normalized spacial score (nSPS) is 19.9. The van der Waals surface area contributed by atoms with Gasteiger partial charge in [-0.15, -0.1) is 13.2 Å². The van der Waals surface area contributed by atoms with Crippen LogP contribution in [0.1, 0.15) is 50.5 Å². The highest BCUT2D eigenvalue weighted by molar-refractivity contribution is 6.21. The molecule has 1 saturated heterocycles. The summed E-state index contributed by atoms with van der Waals surface area (Å²) in [6.07, 6.45) is 3.01. The zero-order valence-corrected chi connectivity index (χ0v) is 19.0. The number of imide groups is 1. The molecule has 4 rings (SSSR count). The van der Waals surface area contributed by atoms with Gasteiger partial charge in [-0.05, 0) is 48.7 Å². The topological polar surface area (TPSA) is 101 Å². The summed E-state index contributed by atoms with van der Waals surface area (Å²) >= 11 is 0. The van der Waals surface area contributed by atoms with Crippen molar-refractivity contribution in [3.05, 3.63) is 48.3 Å². The van der Waals surface area contributed by atoms with Crippen molar-refractivity contribution < 1.29 is 32.3 Å². The van der Waals surface area contributed by atoms with Gasteiger partial charge in [0, 0.05) is 18.0 Å². The Bertz CT molecular complexity index is 1100. The third kappa shape index (κ3) is 5.55. The van der Waals surface area contributed by atoms with Crippen molar-refractivity contribution in [3.63, 3.8) is 0 Å². The van der Waals surface area contributed by atoms with E-state index in [0.717, 1.165) is 49.1 Å². The minimum Gasteiger partial charge on any atom is -0.406 e. The van der Waals surface area contributed by atoms with E-state index < -0.39 is 36.0 Å². The molecule has 0 spiro atoms. The number of hydrogen-bond donors (Lipinski definition) is 2. The second-order valence-corrected chi connectivity index (χ2v) is 8.72. The molecule has 11 heteroatoms. The van der Waals surface area contributed by atoms with Crippen LogP contribution in [-0.2, 0) is 9.59 Å². The van der Waals surface area contributed by atoms with Gasteiger partial charge in [0.05, 0.1) is 17.6 Å². The van der Waals surface area contributed by atoms with E-state index >= 15 is 0 Å². The van der Waals surface area contributed by atoms with Gasteiger partial charge in [0.25, 0.3) is 5.91 Å². The van der Waals surface area contributed by atoms with Crippen molar-refractivity contribution in [3.8, 4) is 5.75 Å². The molecule has 1 saturated carbocycles. The molecule has 35 heavy (non-hydrogen) atoms. The van der Waals surface area contributed by atoms with Crippen molar-refractivity contribution in [1.29, 1.82) is 0 Å². The summed E-state index contributed by atoms with van der Waals surface area (Å²) in [6, 6.07) is 4.51. The average molecular weight is 490 g/mol. The van der Waals surface area contributed by atoms with Gasteiger partial charge < -0.3 is 15.4 Å². The molecule has 2 aromatic rings. The summed E-state index contributed by atoms with van der Waals surface area (Å²) in [4.78, 5) is 43.5. The second kappa shape index (κ2) is 9.93. The van der Waals surface area contributed by atoms with E-state index in [2.05, 4.69) is 20.4 Å². The van der Waals surface area contributed by atoms with Gasteiger partial charge in [0.1, 0.15) is 11.8 Å². The van der Waals surface area contributed by atoms with E-state index in [9.17, 15) is 27.6 Å². The number of nitrogens with one attached hydrogen (secondary N) is 2. The smallest absolute Gasteiger partial charge is 0.406 e. The molecule has 0 radical (unpaired) electrons. The zero-order valence-electron chi connectivity index (χ0n) is 19.0. The number of amides is 4. The summed E-state index contributed by atoms with van der Waals surface area (Å²) in [6.45, 7) is 1.75. The summed E-state index contributed by atoms with van der Waals surface area (Å²) in [7, 11) is 0. The highest BCUT2D eigenvalue weighted by Gasteiger charge is 2.43. The molecule has 1 aliphatic carbocycles. The molecule has 2 N–H and O–H groups in total. The number of alkyl halides is 3. The number of carbonyl (C=O) groups excluding carboxylic acids is 3. The third-order valence-electron chi connectivity index (χ3n) is 6.38. The van der Waals surface area contributed by atoms with E-state index in [1.807, 2.05) is 0 Å². The van der Waals surface area contributed by atoms with E-state index in [1.54, 1.807) is 19.2 Å². The second-order valence-electron chi connectivity index (χ2n) is 8.72. The molecule has 2 heterocycles. The Kier molecular flexibility index (Phi) is 6.95. The van der Waals surface area contributed by atoms with Crippen LogP contribution >= 0.6 is 0 Å². The number of carbonyl (C=O) groups is 3. The highest BCUT2D eigenvalue weighted by atomic mass is 19.4. The van der Waals surface area contributed by atoms with Crippen molar-refractivity contribution in [2.75, 3.05) is 10.2 Å². The van der Waals surface area contributed by atoms with Crippen LogP contribution in [0.25, 0.3) is 0 Å². The fourth-order valence-corrected chi connectivity index (χ4v) is 4.56. The maximum atomic E-state index is 13.2. The minimum absolute atomic E-state index is 0.0697. The van der Waals surface area contributed by atoms with Gasteiger partial charge >= 0.3 is 12.4 Å². The lowest BCUT2D eigenvalue weighted by atomic mass is 9.88. The van der Waals surface area contributed by atoms with E-state index in [1.165, 1.54) is 18.3 Å². The average Bonchev–Trinajstić information content (AvgIpc) is 3.13. The van der Waals surface area contributed by atoms with Crippen LogP contribution in [0.2, 0.25) is 0 Å². The monoisotopic (exact) mass is 490 g/mol. The number of benzene rings is 1. The molecule has 1 aliphatic heterocycles. The Balaban J connectivity index is 1.50. The lowest BCUT2D eigenvalue weighted by molar-refractivity contribution is -0.274. The van der Waals surface area contributed by atoms with Gasteiger partial charge in [0.15, 0.2) is 0 Å². The molecule has 2 unspecified atom stereocenters. The number of urea groups is 1. The first-order valence-electron chi connectivity index (χ1n) is 11.4. The number of ether oxygens (including phenoxy) is 1. The van der Waals surface area contributed by atoms with Gasteiger partial charge in [-0.2, -0.15) is 0 Å². The molecule has 2 fully saturated rings. The Morgan fingerprint density at radius 1 is 1.14 bits per heavy atom. The van der Waals surface area contributed by atoms with Crippen LogP contribution in [0.5, 0.6) is 5.75 Å². The van der Waals surface area contributed by atoms with Crippen LogP contribution in [-0.4, -0.2) is 35.2 Å². The van der Waals surface area contributed by atoms with Crippen LogP contribution in [0.3, 0.4) is 0 Å². The predicted molar refractivity (Wildman–Crippen MR) is 121 cm³/mol. The lowest BCUT2D eigenvalue weighted by Crippen LogP contribution is -2.35. The van der Waals surface area contributed by atoms with Crippen molar-refractivity contribution >= 4 is 29.2 Å². The van der Waals surface area contributed by atoms with Crippen molar-refractivity contribution in [2.24, 2.45) is 5.92 Å².